The predicted octanol–water partition coefficient (Wildman–Crippen LogP) is 2.76. The van der Waals surface area contributed by atoms with E-state index in [-0.39, 0.29) is 58.8 Å². The topological polar surface area (TPSA) is 111 Å². The molecule has 0 saturated carbocycles. The first-order chi connectivity index (χ1) is 13.5. The number of rotatable bonds is 2. The summed E-state index contributed by atoms with van der Waals surface area (Å²) < 4.78 is 0. The minimum atomic E-state index is -0.372. The van der Waals surface area contributed by atoms with E-state index < -0.39 is 0 Å². The van der Waals surface area contributed by atoms with Gasteiger partial charge in [0.15, 0.2) is 0 Å². The average Bonchev–Trinajstić information content (AvgIpc) is 3.19. The molecule has 3 N–H and O–H groups in total. The van der Waals surface area contributed by atoms with Gasteiger partial charge in [0.1, 0.15) is 11.4 Å². The lowest BCUT2D eigenvalue weighted by Crippen LogP contribution is -2.45. The number of piperidine rings is 1. The Balaban J connectivity index is 0.00000128. The number of carbonyl (C=O) groups is 2. The Labute approximate surface area is 188 Å². The van der Waals surface area contributed by atoms with Gasteiger partial charge in [-0.25, -0.2) is 4.98 Å². The van der Waals surface area contributed by atoms with Crippen molar-refractivity contribution >= 4 is 59.3 Å². The molecule has 158 valence electrons. The normalized spacial score (nSPS) is 16.4. The fourth-order valence-corrected chi connectivity index (χ4v) is 4.19. The van der Waals surface area contributed by atoms with Crippen molar-refractivity contribution in [2.45, 2.75) is 18.9 Å². The highest BCUT2D eigenvalue weighted by Gasteiger charge is 2.40. The Morgan fingerprint density at radius 1 is 1.03 bits per heavy atom. The van der Waals surface area contributed by atoms with Crippen LogP contribution in [0.3, 0.4) is 0 Å². The number of halogens is 3. The van der Waals surface area contributed by atoms with Crippen LogP contribution in [0, 0.1) is 0 Å². The van der Waals surface area contributed by atoms with Gasteiger partial charge in [0.05, 0.1) is 27.2 Å². The molecule has 11 heteroatoms. The van der Waals surface area contributed by atoms with E-state index in [0.717, 1.165) is 25.9 Å². The molecule has 4 heterocycles. The third kappa shape index (κ3) is 3.39. The zero-order chi connectivity index (χ0) is 19.4. The monoisotopic (exact) mass is 469 g/mol. The molecule has 2 aliphatic rings. The molecule has 0 radical (unpaired) electrons. The number of pyridine rings is 1. The maximum absolute atomic E-state index is 12.9. The second kappa shape index (κ2) is 8.39. The first-order valence-corrected chi connectivity index (χ1v) is 9.42. The zero-order valence-electron chi connectivity index (χ0n) is 15.5. The minimum absolute atomic E-state index is 0. The maximum atomic E-state index is 12.9. The van der Waals surface area contributed by atoms with Crippen molar-refractivity contribution in [3.63, 3.8) is 0 Å². The molecular formula is C19H18Cl3N5O3. The average molecular weight is 471 g/mol. The maximum Gasteiger partial charge on any atom is 0.261 e. The molecule has 30 heavy (non-hydrogen) atoms. The van der Waals surface area contributed by atoms with Crippen LogP contribution in [0.1, 0.15) is 33.6 Å². The van der Waals surface area contributed by atoms with Crippen LogP contribution in [0.2, 0.25) is 5.02 Å². The van der Waals surface area contributed by atoms with Crippen LogP contribution >= 0.6 is 36.4 Å². The molecule has 2 aromatic heterocycles. The number of nitrogens with zero attached hydrogens (tertiary/aromatic N) is 2. The van der Waals surface area contributed by atoms with Crippen molar-refractivity contribution < 1.29 is 9.59 Å². The van der Waals surface area contributed by atoms with Gasteiger partial charge in [-0.2, -0.15) is 0 Å². The summed E-state index contributed by atoms with van der Waals surface area (Å²) in [5.41, 5.74) is 1.63. The summed E-state index contributed by atoms with van der Waals surface area (Å²) in [7, 11) is 0. The van der Waals surface area contributed by atoms with Gasteiger partial charge in [0.2, 0.25) is 0 Å². The van der Waals surface area contributed by atoms with Gasteiger partial charge in [-0.1, -0.05) is 11.6 Å². The molecule has 2 amide bonds. The molecule has 8 nitrogen and oxygen atoms in total. The molecule has 0 unspecified atom stereocenters. The summed E-state index contributed by atoms with van der Waals surface area (Å²) in [6.45, 7) is 1.58. The van der Waals surface area contributed by atoms with Crippen molar-refractivity contribution in [1.82, 2.24) is 25.2 Å². The van der Waals surface area contributed by atoms with E-state index in [2.05, 4.69) is 20.3 Å². The van der Waals surface area contributed by atoms with Crippen LogP contribution in [-0.4, -0.2) is 50.8 Å². The molecular weight excluding hydrogens is 453 g/mol. The van der Waals surface area contributed by atoms with Crippen LogP contribution < -0.4 is 10.9 Å². The second-order valence-corrected chi connectivity index (χ2v) is 7.40. The molecule has 1 aromatic carbocycles. The molecule has 0 spiro atoms. The number of nitrogens with one attached hydrogen (secondary N) is 3. The Morgan fingerprint density at radius 3 is 2.37 bits per heavy atom. The van der Waals surface area contributed by atoms with E-state index in [1.165, 1.54) is 11.1 Å². The van der Waals surface area contributed by atoms with E-state index in [4.69, 9.17) is 11.6 Å². The predicted molar refractivity (Wildman–Crippen MR) is 118 cm³/mol. The number of amides is 2. The van der Waals surface area contributed by atoms with Crippen molar-refractivity contribution in [2.24, 2.45) is 0 Å². The van der Waals surface area contributed by atoms with E-state index >= 15 is 0 Å². The number of imide groups is 1. The van der Waals surface area contributed by atoms with Gasteiger partial charge in [-0.3, -0.25) is 19.3 Å². The van der Waals surface area contributed by atoms with Crippen molar-refractivity contribution in [3.05, 3.63) is 50.9 Å². The number of fused-ring (bicyclic) bond motifs is 2. The lowest BCUT2D eigenvalue weighted by molar-refractivity contribution is 0.0556. The Morgan fingerprint density at radius 2 is 1.70 bits per heavy atom. The van der Waals surface area contributed by atoms with Gasteiger partial charge in [0, 0.05) is 12.2 Å². The Hall–Kier alpha value is -2.39. The number of imidazole rings is 1. The van der Waals surface area contributed by atoms with Crippen molar-refractivity contribution in [2.75, 3.05) is 13.1 Å². The quantitative estimate of drug-likeness (QED) is 0.499. The highest BCUT2D eigenvalue weighted by atomic mass is 35.5. The highest BCUT2D eigenvalue weighted by Crippen LogP contribution is 2.32. The number of aromatic amines is 2. The van der Waals surface area contributed by atoms with E-state index in [1.54, 1.807) is 18.2 Å². The van der Waals surface area contributed by atoms with Gasteiger partial charge in [-0.05, 0) is 44.1 Å². The molecule has 1 saturated heterocycles. The van der Waals surface area contributed by atoms with Crippen LogP contribution in [0.5, 0.6) is 0 Å². The summed E-state index contributed by atoms with van der Waals surface area (Å²) >= 11 is 6.14. The molecule has 0 atom stereocenters. The lowest BCUT2D eigenvalue weighted by Gasteiger charge is -2.29. The van der Waals surface area contributed by atoms with Crippen molar-refractivity contribution in [3.8, 4) is 11.4 Å². The largest absolute Gasteiger partial charge is 0.338 e. The van der Waals surface area contributed by atoms with E-state index in [1.807, 2.05) is 0 Å². The zero-order valence-corrected chi connectivity index (χ0v) is 17.9. The van der Waals surface area contributed by atoms with Gasteiger partial charge >= 0.3 is 0 Å². The molecule has 2 aliphatic heterocycles. The molecule has 1 fully saturated rings. The Bertz CT molecular complexity index is 1150. The van der Waals surface area contributed by atoms with Crippen LogP contribution in [0.4, 0.5) is 0 Å². The molecule has 0 bridgehead atoms. The second-order valence-electron chi connectivity index (χ2n) is 6.99. The fourth-order valence-electron chi connectivity index (χ4n) is 3.95. The Kier molecular flexibility index (Phi) is 6.24. The van der Waals surface area contributed by atoms with E-state index in [9.17, 15) is 14.4 Å². The summed E-state index contributed by atoms with van der Waals surface area (Å²) in [6.07, 6.45) is 2.96. The van der Waals surface area contributed by atoms with E-state index in [0.29, 0.717) is 28.0 Å². The fraction of sp³-hybridized carbons (Fsp3) is 0.263. The minimum Gasteiger partial charge on any atom is -0.338 e. The van der Waals surface area contributed by atoms with Gasteiger partial charge in [0.25, 0.3) is 17.4 Å². The van der Waals surface area contributed by atoms with Crippen LogP contribution in [0.25, 0.3) is 22.4 Å². The van der Waals surface area contributed by atoms with Crippen LogP contribution in [-0.2, 0) is 0 Å². The highest BCUT2D eigenvalue weighted by molar-refractivity contribution is 6.33. The molecule has 0 aliphatic carbocycles. The number of H-pyrrole nitrogens is 2. The van der Waals surface area contributed by atoms with Gasteiger partial charge in [-0.15, -0.1) is 24.8 Å². The third-order valence-electron chi connectivity index (χ3n) is 5.34. The summed E-state index contributed by atoms with van der Waals surface area (Å²) in [6, 6.07) is 4.72. The third-order valence-corrected chi connectivity index (χ3v) is 5.66. The number of benzene rings is 1. The number of aromatic nitrogens is 3. The number of hydrogen-bond acceptors (Lipinski definition) is 5. The standard InChI is InChI=1S/C19H16ClN5O3.2ClH/c20-12-3-6-22-17(26)15(12)16-23-13-7-10-11(8-14(13)24-16)19(28)25(18(10)27)9-1-4-21-5-2-9;;/h3,6-9,21H,1-2,4-5H2,(H,22,26)(H,23,24);2*1H. The number of carbonyl (C=O) groups excluding carboxylic acids is 2. The lowest BCUT2D eigenvalue weighted by atomic mass is 10.1. The summed E-state index contributed by atoms with van der Waals surface area (Å²) in [5.74, 6) is -0.268. The molecule has 5 rings (SSSR count). The molecule has 3 aromatic rings. The SMILES string of the molecule is Cl.Cl.O=C1c2cc3nc(-c4c(Cl)cc[nH]c4=O)[nH]c3cc2C(=O)N1C1CCNCC1. The summed E-state index contributed by atoms with van der Waals surface area (Å²) in [4.78, 5) is 49.4. The first kappa shape index (κ1) is 22.3. The van der Waals surface area contributed by atoms with Crippen molar-refractivity contribution in [1.29, 1.82) is 0 Å². The number of hydrogen-bond donors (Lipinski definition) is 3. The smallest absolute Gasteiger partial charge is 0.261 e. The first-order valence-electron chi connectivity index (χ1n) is 9.04. The van der Waals surface area contributed by atoms with Crippen LogP contribution in [0.15, 0.2) is 29.2 Å². The van der Waals surface area contributed by atoms with Gasteiger partial charge < -0.3 is 15.3 Å². The summed E-state index contributed by atoms with van der Waals surface area (Å²) in [5, 5.41) is 3.50.